The van der Waals surface area contributed by atoms with Crippen LogP contribution in [0.15, 0.2) is 24.3 Å². The van der Waals surface area contributed by atoms with Crippen molar-refractivity contribution < 1.29 is 23.9 Å². The third-order valence-electron chi connectivity index (χ3n) is 4.46. The Kier molecular flexibility index (Phi) is 5.91. The van der Waals surface area contributed by atoms with Gasteiger partial charge in [-0.25, -0.2) is 9.59 Å². The Labute approximate surface area is 161 Å². The topological polar surface area (TPSA) is 81.7 Å². The average Bonchev–Trinajstić information content (AvgIpc) is 3.11. The summed E-state index contributed by atoms with van der Waals surface area (Å²) in [5.74, 6) is -1.43. The van der Waals surface area contributed by atoms with E-state index in [0.717, 1.165) is 31.2 Å². The number of thiophene rings is 1. The van der Waals surface area contributed by atoms with Crippen LogP contribution in [0.1, 0.15) is 48.9 Å². The third kappa shape index (κ3) is 4.54. The van der Waals surface area contributed by atoms with Crippen molar-refractivity contribution in [3.63, 3.8) is 0 Å². The molecule has 7 heteroatoms. The molecular formula is C20H21NO5S. The Morgan fingerprint density at radius 3 is 2.63 bits per heavy atom. The standard InChI is InChI=1S/C20H21NO5S/c1-12-7-8-14(19(23)25-2)9-15(12)21-18(22)11-26-20(24)17-10-13-5-3-4-6-16(13)27-17/h7-10H,3-6,11H2,1-2H3,(H,21,22). The highest BCUT2D eigenvalue weighted by molar-refractivity contribution is 7.14. The number of hydrogen-bond acceptors (Lipinski definition) is 6. The first-order chi connectivity index (χ1) is 13.0. The summed E-state index contributed by atoms with van der Waals surface area (Å²) in [5.41, 5.74) is 2.82. The lowest BCUT2D eigenvalue weighted by atomic mass is 9.99. The molecule has 1 aliphatic rings. The number of carbonyl (C=O) groups excluding carboxylic acids is 3. The van der Waals surface area contributed by atoms with E-state index < -0.39 is 17.8 Å². The van der Waals surface area contributed by atoms with Crippen LogP contribution in [-0.2, 0) is 27.1 Å². The summed E-state index contributed by atoms with van der Waals surface area (Å²) in [6.45, 7) is 1.42. The van der Waals surface area contributed by atoms with E-state index in [1.165, 1.54) is 35.0 Å². The Morgan fingerprint density at radius 1 is 1.11 bits per heavy atom. The molecule has 1 aliphatic carbocycles. The number of esters is 2. The molecule has 1 heterocycles. The molecule has 1 aromatic heterocycles. The monoisotopic (exact) mass is 387 g/mol. The number of nitrogens with one attached hydrogen (secondary N) is 1. The molecule has 6 nitrogen and oxygen atoms in total. The molecule has 0 fully saturated rings. The van der Waals surface area contributed by atoms with Crippen LogP contribution in [0, 0.1) is 6.92 Å². The minimum atomic E-state index is -0.487. The van der Waals surface area contributed by atoms with Gasteiger partial charge in [0.2, 0.25) is 0 Å². The zero-order valence-corrected chi connectivity index (χ0v) is 16.1. The second-order valence-corrected chi connectivity index (χ2v) is 7.55. The van der Waals surface area contributed by atoms with Crippen molar-refractivity contribution in [2.75, 3.05) is 19.0 Å². The van der Waals surface area contributed by atoms with Gasteiger partial charge in [0.25, 0.3) is 5.91 Å². The summed E-state index contributed by atoms with van der Waals surface area (Å²) in [6.07, 6.45) is 4.29. The summed E-state index contributed by atoms with van der Waals surface area (Å²) in [6, 6.07) is 6.75. The van der Waals surface area contributed by atoms with Crippen LogP contribution >= 0.6 is 11.3 Å². The molecule has 27 heavy (non-hydrogen) atoms. The van der Waals surface area contributed by atoms with Crippen LogP contribution in [0.4, 0.5) is 5.69 Å². The Morgan fingerprint density at radius 2 is 1.89 bits per heavy atom. The number of amides is 1. The number of rotatable bonds is 5. The van der Waals surface area contributed by atoms with Crippen LogP contribution in [-0.4, -0.2) is 31.6 Å². The number of methoxy groups -OCH3 is 1. The highest BCUT2D eigenvalue weighted by Gasteiger charge is 2.19. The predicted molar refractivity (Wildman–Crippen MR) is 102 cm³/mol. The van der Waals surface area contributed by atoms with Gasteiger partial charge in [-0.1, -0.05) is 6.07 Å². The SMILES string of the molecule is COC(=O)c1ccc(C)c(NC(=O)COC(=O)c2cc3c(s2)CCCC3)c1. The summed E-state index contributed by atoms with van der Waals surface area (Å²) >= 11 is 1.45. The molecule has 142 valence electrons. The lowest BCUT2D eigenvalue weighted by molar-refractivity contribution is -0.119. The molecule has 0 aliphatic heterocycles. The number of ether oxygens (including phenoxy) is 2. The molecule has 1 aromatic carbocycles. The molecule has 0 atom stereocenters. The Bertz CT molecular complexity index is 863. The van der Waals surface area contributed by atoms with Crippen molar-refractivity contribution >= 4 is 34.9 Å². The van der Waals surface area contributed by atoms with Crippen molar-refractivity contribution in [2.45, 2.75) is 32.6 Å². The molecule has 0 radical (unpaired) electrons. The maximum atomic E-state index is 12.2. The molecule has 1 amide bonds. The van der Waals surface area contributed by atoms with Crippen LogP contribution < -0.4 is 5.32 Å². The summed E-state index contributed by atoms with van der Waals surface area (Å²) < 4.78 is 9.83. The van der Waals surface area contributed by atoms with Gasteiger partial charge in [-0.2, -0.15) is 0 Å². The molecular weight excluding hydrogens is 366 g/mol. The number of hydrogen-bond donors (Lipinski definition) is 1. The normalized spacial score (nSPS) is 12.8. The maximum absolute atomic E-state index is 12.2. The Hall–Kier alpha value is -2.67. The molecule has 0 unspecified atom stereocenters. The molecule has 0 saturated heterocycles. The molecule has 0 saturated carbocycles. The molecule has 0 spiro atoms. The van der Waals surface area contributed by atoms with Gasteiger partial charge in [-0.3, -0.25) is 4.79 Å². The molecule has 2 aromatic rings. The average molecular weight is 387 g/mol. The van der Waals surface area contributed by atoms with E-state index in [1.54, 1.807) is 19.1 Å². The minimum absolute atomic E-state index is 0.333. The minimum Gasteiger partial charge on any atom is -0.465 e. The van der Waals surface area contributed by atoms with E-state index in [-0.39, 0.29) is 6.61 Å². The van der Waals surface area contributed by atoms with Gasteiger partial charge in [-0.05, 0) is 61.9 Å². The second kappa shape index (κ2) is 8.35. The van der Waals surface area contributed by atoms with Gasteiger partial charge in [-0.15, -0.1) is 11.3 Å². The number of benzene rings is 1. The van der Waals surface area contributed by atoms with Crippen molar-refractivity contribution in [1.82, 2.24) is 0 Å². The smallest absolute Gasteiger partial charge is 0.348 e. The number of fused-ring (bicyclic) bond motifs is 1. The number of carbonyl (C=O) groups is 3. The summed E-state index contributed by atoms with van der Waals surface area (Å²) in [5, 5.41) is 2.66. The van der Waals surface area contributed by atoms with E-state index in [2.05, 4.69) is 10.1 Å². The van der Waals surface area contributed by atoms with E-state index in [4.69, 9.17) is 4.74 Å². The van der Waals surface area contributed by atoms with E-state index in [0.29, 0.717) is 16.1 Å². The molecule has 0 bridgehead atoms. The van der Waals surface area contributed by atoms with Crippen LogP contribution in [0.3, 0.4) is 0 Å². The van der Waals surface area contributed by atoms with Crippen LogP contribution in [0.25, 0.3) is 0 Å². The molecule has 1 N–H and O–H groups in total. The third-order valence-corrected chi connectivity index (χ3v) is 5.68. The lowest BCUT2D eigenvalue weighted by Crippen LogP contribution is -2.21. The van der Waals surface area contributed by atoms with Crippen molar-refractivity contribution in [3.05, 3.63) is 50.7 Å². The van der Waals surface area contributed by atoms with Crippen molar-refractivity contribution in [1.29, 1.82) is 0 Å². The number of aryl methyl sites for hydroxylation is 3. The van der Waals surface area contributed by atoms with E-state index in [1.807, 2.05) is 6.07 Å². The first-order valence-corrected chi connectivity index (χ1v) is 9.57. The predicted octanol–water partition coefficient (Wildman–Crippen LogP) is 3.52. The highest BCUT2D eigenvalue weighted by atomic mass is 32.1. The van der Waals surface area contributed by atoms with Gasteiger partial charge in [0, 0.05) is 10.6 Å². The van der Waals surface area contributed by atoms with Gasteiger partial charge in [0.15, 0.2) is 6.61 Å². The quantitative estimate of drug-likeness (QED) is 0.794. The summed E-state index contributed by atoms with van der Waals surface area (Å²) in [4.78, 5) is 37.8. The highest BCUT2D eigenvalue weighted by Crippen LogP contribution is 2.30. The van der Waals surface area contributed by atoms with Crippen molar-refractivity contribution in [2.24, 2.45) is 0 Å². The second-order valence-electron chi connectivity index (χ2n) is 6.41. The largest absolute Gasteiger partial charge is 0.465 e. The first-order valence-electron chi connectivity index (χ1n) is 8.75. The number of anilines is 1. The van der Waals surface area contributed by atoms with Gasteiger partial charge in [0.05, 0.1) is 12.7 Å². The zero-order chi connectivity index (χ0) is 19.4. The fourth-order valence-corrected chi connectivity index (χ4v) is 4.13. The van der Waals surface area contributed by atoms with Gasteiger partial charge in [0.1, 0.15) is 4.88 Å². The zero-order valence-electron chi connectivity index (χ0n) is 15.3. The summed E-state index contributed by atoms with van der Waals surface area (Å²) in [7, 11) is 1.29. The Balaban J connectivity index is 1.59. The van der Waals surface area contributed by atoms with E-state index >= 15 is 0 Å². The fraction of sp³-hybridized carbons (Fsp3) is 0.350. The van der Waals surface area contributed by atoms with Gasteiger partial charge < -0.3 is 14.8 Å². The van der Waals surface area contributed by atoms with Crippen molar-refractivity contribution in [3.8, 4) is 0 Å². The maximum Gasteiger partial charge on any atom is 0.348 e. The van der Waals surface area contributed by atoms with E-state index in [9.17, 15) is 14.4 Å². The van der Waals surface area contributed by atoms with Gasteiger partial charge >= 0.3 is 11.9 Å². The fourth-order valence-electron chi connectivity index (χ4n) is 2.98. The molecule has 3 rings (SSSR count). The van der Waals surface area contributed by atoms with Crippen LogP contribution in [0.2, 0.25) is 0 Å². The lowest BCUT2D eigenvalue weighted by Gasteiger charge is -2.10. The first kappa shape index (κ1) is 19.1. The van der Waals surface area contributed by atoms with Crippen LogP contribution in [0.5, 0.6) is 0 Å².